The van der Waals surface area contributed by atoms with Crippen molar-refractivity contribution in [1.29, 1.82) is 0 Å². The summed E-state index contributed by atoms with van der Waals surface area (Å²) in [7, 11) is -0.735. The summed E-state index contributed by atoms with van der Waals surface area (Å²) in [5.74, 6) is 6.60. The maximum absolute atomic E-state index is 10.9. The Morgan fingerprint density at radius 1 is 1.62 bits per heavy atom. The minimum absolute atomic E-state index is 0.275. The zero-order valence-electron chi connectivity index (χ0n) is 9.56. The second kappa shape index (κ2) is 6.44. The summed E-state index contributed by atoms with van der Waals surface area (Å²) in [4.78, 5) is 4.01. The maximum Gasteiger partial charge on any atom is 0.141 e. The van der Waals surface area contributed by atoms with Gasteiger partial charge in [-0.15, -0.1) is 0 Å². The largest absolute Gasteiger partial charge is 0.382 e. The smallest absolute Gasteiger partial charge is 0.141 e. The molecular formula is C10H18N4OS. The van der Waals surface area contributed by atoms with Crippen LogP contribution in [0.25, 0.3) is 0 Å². The zero-order chi connectivity index (χ0) is 12.0. The lowest BCUT2D eigenvalue weighted by molar-refractivity contribution is 0.678. The zero-order valence-corrected chi connectivity index (χ0v) is 10.4. The molecule has 90 valence electrons. The van der Waals surface area contributed by atoms with Gasteiger partial charge in [0.15, 0.2) is 0 Å². The van der Waals surface area contributed by atoms with E-state index in [0.29, 0.717) is 11.6 Å². The highest BCUT2D eigenvalue weighted by Gasteiger charge is 2.03. The van der Waals surface area contributed by atoms with Gasteiger partial charge in [0.05, 0.1) is 0 Å². The molecule has 1 aromatic heterocycles. The van der Waals surface area contributed by atoms with Gasteiger partial charge in [0, 0.05) is 46.8 Å². The summed E-state index contributed by atoms with van der Waals surface area (Å²) in [6.07, 6.45) is 4.27. The highest BCUT2D eigenvalue weighted by Crippen LogP contribution is 2.12. The normalized spacial score (nSPS) is 14.2. The maximum atomic E-state index is 10.9. The van der Waals surface area contributed by atoms with Gasteiger partial charge >= 0.3 is 0 Å². The van der Waals surface area contributed by atoms with Crippen molar-refractivity contribution in [2.45, 2.75) is 19.4 Å². The van der Waals surface area contributed by atoms with Crippen LogP contribution in [0.3, 0.4) is 0 Å². The number of rotatable bonds is 6. The Labute approximate surface area is 98.3 Å². The van der Waals surface area contributed by atoms with Gasteiger partial charge in [0.2, 0.25) is 0 Å². The molecule has 1 heterocycles. The van der Waals surface area contributed by atoms with E-state index in [1.54, 1.807) is 12.5 Å². The van der Waals surface area contributed by atoms with E-state index in [-0.39, 0.29) is 6.04 Å². The molecule has 1 rings (SSSR count). The van der Waals surface area contributed by atoms with Gasteiger partial charge < -0.3 is 10.7 Å². The summed E-state index contributed by atoms with van der Waals surface area (Å²) in [6.45, 7) is 2.06. The van der Waals surface area contributed by atoms with E-state index >= 15 is 0 Å². The van der Waals surface area contributed by atoms with E-state index in [9.17, 15) is 4.21 Å². The van der Waals surface area contributed by atoms with Crippen molar-refractivity contribution in [1.82, 2.24) is 4.98 Å². The Bertz CT molecular complexity index is 358. The van der Waals surface area contributed by atoms with E-state index in [1.807, 2.05) is 12.1 Å². The molecule has 2 unspecified atom stereocenters. The lowest BCUT2D eigenvalue weighted by Crippen LogP contribution is -2.18. The first-order valence-electron chi connectivity index (χ1n) is 5.11. The number of aromatic nitrogens is 1. The molecule has 0 saturated carbocycles. The van der Waals surface area contributed by atoms with Gasteiger partial charge in [0.25, 0.3) is 0 Å². The quantitative estimate of drug-likeness (QED) is 0.511. The number of nitrogens with two attached hydrogens (primary N) is 1. The molecule has 6 heteroatoms. The van der Waals surface area contributed by atoms with Crippen LogP contribution in [0.4, 0.5) is 11.5 Å². The minimum atomic E-state index is -0.735. The summed E-state index contributed by atoms with van der Waals surface area (Å²) in [5.41, 5.74) is 3.45. The Kier molecular flexibility index (Phi) is 5.21. The highest BCUT2D eigenvalue weighted by atomic mass is 32.2. The lowest BCUT2D eigenvalue weighted by atomic mass is 10.2. The number of anilines is 2. The monoisotopic (exact) mass is 242 g/mol. The molecule has 0 aromatic carbocycles. The van der Waals surface area contributed by atoms with Crippen molar-refractivity contribution in [2.24, 2.45) is 5.84 Å². The van der Waals surface area contributed by atoms with Gasteiger partial charge in [-0.1, -0.05) is 0 Å². The Morgan fingerprint density at radius 3 is 3.00 bits per heavy atom. The number of nitrogens with zero attached hydrogens (tertiary/aromatic N) is 1. The van der Waals surface area contributed by atoms with Crippen LogP contribution in [0, 0.1) is 0 Å². The van der Waals surface area contributed by atoms with Crippen LogP contribution in [0.5, 0.6) is 0 Å². The first kappa shape index (κ1) is 12.9. The van der Waals surface area contributed by atoms with Gasteiger partial charge in [0.1, 0.15) is 5.82 Å². The van der Waals surface area contributed by atoms with Gasteiger partial charge in [-0.3, -0.25) is 4.21 Å². The van der Waals surface area contributed by atoms with Crippen molar-refractivity contribution in [3.8, 4) is 0 Å². The van der Waals surface area contributed by atoms with E-state index in [2.05, 4.69) is 22.7 Å². The van der Waals surface area contributed by atoms with Crippen LogP contribution in [0.2, 0.25) is 0 Å². The molecule has 0 spiro atoms. The van der Waals surface area contributed by atoms with Gasteiger partial charge in [-0.05, 0) is 19.4 Å². The predicted octanol–water partition coefficient (Wildman–Crippen LogP) is 0.936. The molecule has 0 bridgehead atoms. The van der Waals surface area contributed by atoms with Crippen molar-refractivity contribution >= 4 is 22.3 Å². The molecule has 5 nitrogen and oxygen atoms in total. The Morgan fingerprint density at radius 2 is 2.38 bits per heavy atom. The molecule has 0 aliphatic rings. The molecule has 16 heavy (non-hydrogen) atoms. The molecule has 0 saturated heterocycles. The third-order valence-electron chi connectivity index (χ3n) is 2.16. The average Bonchev–Trinajstić information content (AvgIpc) is 2.26. The SMILES string of the molecule is CC(CCS(C)=O)Nc1ccnc(NN)c1. The molecule has 0 aliphatic heterocycles. The Hall–Kier alpha value is -1.14. The number of hydrogen-bond acceptors (Lipinski definition) is 5. The lowest BCUT2D eigenvalue weighted by Gasteiger charge is -2.14. The Balaban J connectivity index is 2.48. The first-order valence-corrected chi connectivity index (χ1v) is 6.83. The van der Waals surface area contributed by atoms with Crippen molar-refractivity contribution in [3.63, 3.8) is 0 Å². The molecule has 0 amide bonds. The average molecular weight is 242 g/mol. The summed E-state index contributed by atoms with van der Waals surface area (Å²) >= 11 is 0. The number of nitrogen functional groups attached to an aromatic ring is 1. The molecular weight excluding hydrogens is 224 g/mol. The second-order valence-corrected chi connectivity index (χ2v) is 5.24. The van der Waals surface area contributed by atoms with E-state index in [1.165, 1.54) is 0 Å². The molecule has 0 radical (unpaired) electrons. The van der Waals surface area contributed by atoms with Crippen LogP contribution in [-0.2, 0) is 10.8 Å². The standard InChI is InChI=1S/C10H18N4OS/c1-8(4-6-16(2)15)13-9-3-5-12-10(7-9)14-11/h3,5,7-8H,4,6,11H2,1-2H3,(H2,12,13,14). The van der Waals surface area contributed by atoms with Crippen LogP contribution in [-0.4, -0.2) is 27.2 Å². The van der Waals surface area contributed by atoms with Crippen LogP contribution < -0.4 is 16.6 Å². The second-order valence-electron chi connectivity index (χ2n) is 3.69. The van der Waals surface area contributed by atoms with Crippen LogP contribution in [0.15, 0.2) is 18.3 Å². The van der Waals surface area contributed by atoms with E-state index in [0.717, 1.165) is 12.1 Å². The number of hydrazine groups is 1. The van der Waals surface area contributed by atoms with Gasteiger partial charge in [-0.2, -0.15) is 0 Å². The number of nitrogens with one attached hydrogen (secondary N) is 2. The number of hydrogen-bond donors (Lipinski definition) is 3. The van der Waals surface area contributed by atoms with Crippen molar-refractivity contribution in [2.75, 3.05) is 22.8 Å². The van der Waals surface area contributed by atoms with Crippen LogP contribution in [0.1, 0.15) is 13.3 Å². The van der Waals surface area contributed by atoms with Crippen molar-refractivity contribution < 1.29 is 4.21 Å². The number of pyridine rings is 1. The molecule has 0 fully saturated rings. The summed E-state index contributed by atoms with van der Waals surface area (Å²) in [5, 5.41) is 3.30. The molecule has 2 atom stereocenters. The van der Waals surface area contributed by atoms with Crippen LogP contribution >= 0.6 is 0 Å². The fraction of sp³-hybridized carbons (Fsp3) is 0.500. The topological polar surface area (TPSA) is 80.0 Å². The third-order valence-corrected chi connectivity index (χ3v) is 2.97. The van der Waals surface area contributed by atoms with Gasteiger partial charge in [-0.25, -0.2) is 10.8 Å². The molecule has 1 aromatic rings. The van der Waals surface area contributed by atoms with Crippen molar-refractivity contribution in [3.05, 3.63) is 18.3 Å². The fourth-order valence-corrected chi connectivity index (χ4v) is 1.98. The highest BCUT2D eigenvalue weighted by molar-refractivity contribution is 7.84. The van der Waals surface area contributed by atoms with E-state index < -0.39 is 10.8 Å². The molecule has 0 aliphatic carbocycles. The first-order chi connectivity index (χ1) is 7.61. The summed E-state index contributed by atoms with van der Waals surface area (Å²) in [6, 6.07) is 3.98. The summed E-state index contributed by atoms with van der Waals surface area (Å²) < 4.78 is 10.9. The predicted molar refractivity (Wildman–Crippen MR) is 68.7 cm³/mol. The molecule has 4 N–H and O–H groups in total. The third kappa shape index (κ3) is 4.59. The van der Waals surface area contributed by atoms with E-state index in [4.69, 9.17) is 5.84 Å². The fourth-order valence-electron chi connectivity index (χ4n) is 1.30. The minimum Gasteiger partial charge on any atom is -0.382 e.